The molecule has 0 aliphatic heterocycles. The van der Waals surface area contributed by atoms with Gasteiger partial charge in [0.05, 0.1) is 10.4 Å². The maximum absolute atomic E-state index is 2.47. The predicted molar refractivity (Wildman–Crippen MR) is 262 cm³/mol. The van der Waals surface area contributed by atoms with Crippen molar-refractivity contribution in [1.29, 1.82) is 0 Å². The fourth-order valence-corrected chi connectivity index (χ4v) is 10.6. The monoisotopic (exact) mass is 785 g/mol. The van der Waals surface area contributed by atoms with Crippen molar-refractivity contribution in [1.82, 2.24) is 0 Å². The molecule has 1 nitrogen and oxygen atoms in total. The van der Waals surface area contributed by atoms with Gasteiger partial charge in [0.1, 0.15) is 0 Å². The molecule has 0 aliphatic rings. The molecule has 0 fully saturated rings. The average Bonchev–Trinajstić information content (AvgIpc) is 3.69. The first-order valence-electron chi connectivity index (χ1n) is 20.8. The first-order chi connectivity index (χ1) is 29.4. The van der Waals surface area contributed by atoms with Crippen LogP contribution in [0.5, 0.6) is 0 Å². The first-order valence-corrected chi connectivity index (χ1v) is 21.6. The molecule has 0 radical (unpaired) electrons. The van der Waals surface area contributed by atoms with Crippen LogP contribution in [-0.4, -0.2) is 0 Å². The minimum Gasteiger partial charge on any atom is -0.309 e. The van der Waals surface area contributed by atoms with Crippen LogP contribution in [0.1, 0.15) is 26.3 Å². The Hall–Kier alpha value is -7.00. The highest BCUT2D eigenvalue weighted by Gasteiger charge is 2.24. The smallest absolute Gasteiger partial charge is 0.0646 e. The third-order valence-corrected chi connectivity index (χ3v) is 13.4. The molecule has 0 aliphatic carbocycles. The van der Waals surface area contributed by atoms with Gasteiger partial charge < -0.3 is 4.90 Å². The molecule has 286 valence electrons. The number of nitrogens with zero attached hydrogens (tertiary/aromatic N) is 1. The summed E-state index contributed by atoms with van der Waals surface area (Å²) in [7, 11) is 0. The fraction of sp³-hybridized carbons (Fsp3) is 0.0690. The summed E-state index contributed by atoms with van der Waals surface area (Å²) in [6, 6.07) is 76.0. The van der Waals surface area contributed by atoms with Crippen LogP contribution in [0.3, 0.4) is 0 Å². The number of benzene rings is 10. The van der Waals surface area contributed by atoms with E-state index in [2.05, 4.69) is 232 Å². The summed E-state index contributed by atoms with van der Waals surface area (Å²) >= 11 is 1.93. The molecule has 0 N–H and O–H groups in total. The van der Waals surface area contributed by atoms with Gasteiger partial charge in [-0.15, -0.1) is 11.3 Å². The Labute approximate surface area is 355 Å². The number of hydrogen-bond acceptors (Lipinski definition) is 2. The standard InChI is InChI=1S/C58H43NS/c1-58(2,3)53-19-11-18-52-55-51-17-10-9-16-48(51)37-54(57(55)60-56(52)53)59(49-30-26-40(27-31-49)38-12-5-4-6-13-38)50-32-28-41(29-33-50)43-22-23-46-36-47(25-24-45(46)35-43)44-21-20-39-14-7-8-15-42(39)34-44/h4-37H,1-3H3. The van der Waals surface area contributed by atoms with Crippen LogP contribution in [0.4, 0.5) is 17.1 Å². The molecule has 11 aromatic rings. The lowest BCUT2D eigenvalue weighted by Crippen LogP contribution is -2.10. The number of rotatable bonds is 6. The molecule has 1 heterocycles. The van der Waals surface area contributed by atoms with Crippen molar-refractivity contribution >= 4 is 80.9 Å². The van der Waals surface area contributed by atoms with Gasteiger partial charge in [-0.05, 0) is 125 Å². The Morgan fingerprint density at radius 1 is 0.350 bits per heavy atom. The number of anilines is 3. The Morgan fingerprint density at radius 3 is 1.45 bits per heavy atom. The molecule has 0 atom stereocenters. The van der Waals surface area contributed by atoms with Gasteiger partial charge in [0.15, 0.2) is 0 Å². The van der Waals surface area contributed by atoms with Gasteiger partial charge in [0, 0.05) is 26.8 Å². The minimum absolute atomic E-state index is 0.0153. The maximum Gasteiger partial charge on any atom is 0.0646 e. The van der Waals surface area contributed by atoms with E-state index in [9.17, 15) is 0 Å². The lowest BCUT2D eigenvalue weighted by atomic mass is 9.86. The molecule has 0 saturated heterocycles. The third-order valence-electron chi connectivity index (χ3n) is 12.1. The van der Waals surface area contributed by atoms with E-state index in [1.807, 2.05) is 11.3 Å². The highest BCUT2D eigenvalue weighted by Crippen LogP contribution is 2.50. The lowest BCUT2D eigenvalue weighted by Gasteiger charge is -2.27. The van der Waals surface area contributed by atoms with E-state index in [0.717, 1.165) is 11.4 Å². The van der Waals surface area contributed by atoms with Crippen LogP contribution < -0.4 is 4.90 Å². The van der Waals surface area contributed by atoms with Crippen molar-refractivity contribution in [3.63, 3.8) is 0 Å². The van der Waals surface area contributed by atoms with Gasteiger partial charge in [-0.3, -0.25) is 0 Å². The molecule has 0 bridgehead atoms. The quantitative estimate of drug-likeness (QED) is 0.162. The van der Waals surface area contributed by atoms with Crippen molar-refractivity contribution in [3.8, 4) is 33.4 Å². The van der Waals surface area contributed by atoms with Crippen LogP contribution >= 0.6 is 11.3 Å². The second-order valence-electron chi connectivity index (χ2n) is 17.0. The summed E-state index contributed by atoms with van der Waals surface area (Å²) in [5, 5.41) is 10.2. The molecule has 60 heavy (non-hydrogen) atoms. The zero-order chi connectivity index (χ0) is 40.4. The molecule has 2 heteroatoms. The third kappa shape index (κ3) is 6.32. The zero-order valence-corrected chi connectivity index (χ0v) is 34.8. The van der Waals surface area contributed by atoms with Gasteiger partial charge in [-0.2, -0.15) is 0 Å². The molecule has 11 rings (SSSR count). The minimum atomic E-state index is 0.0153. The summed E-state index contributed by atoms with van der Waals surface area (Å²) in [5.74, 6) is 0. The van der Waals surface area contributed by atoms with Gasteiger partial charge in [0.25, 0.3) is 0 Å². The van der Waals surface area contributed by atoms with Crippen molar-refractivity contribution < 1.29 is 0 Å². The van der Waals surface area contributed by atoms with Crippen molar-refractivity contribution in [2.75, 3.05) is 4.90 Å². The maximum atomic E-state index is 2.47. The van der Waals surface area contributed by atoms with E-state index >= 15 is 0 Å². The predicted octanol–water partition coefficient (Wildman–Crippen LogP) is 17.3. The molecule has 0 amide bonds. The molecule has 0 saturated carbocycles. The van der Waals surface area contributed by atoms with E-state index in [4.69, 9.17) is 0 Å². The lowest BCUT2D eigenvalue weighted by molar-refractivity contribution is 0.597. The molecule has 10 aromatic carbocycles. The molecular weight excluding hydrogens is 743 g/mol. The van der Waals surface area contributed by atoms with Crippen LogP contribution in [0.2, 0.25) is 0 Å². The molecule has 0 unspecified atom stereocenters. The van der Waals surface area contributed by atoms with Crippen LogP contribution in [0, 0.1) is 0 Å². The summed E-state index contributed by atoms with van der Waals surface area (Å²) in [6.07, 6.45) is 0. The van der Waals surface area contributed by atoms with E-state index in [-0.39, 0.29) is 5.41 Å². The second kappa shape index (κ2) is 14.4. The molecule has 0 spiro atoms. The van der Waals surface area contributed by atoms with Gasteiger partial charge in [-0.25, -0.2) is 0 Å². The van der Waals surface area contributed by atoms with Gasteiger partial charge in [0.2, 0.25) is 0 Å². The Balaban J connectivity index is 1.03. The SMILES string of the molecule is CC(C)(C)c1cccc2c1sc1c(N(c3ccc(-c4ccccc4)cc3)c3ccc(-c4ccc5cc(-c6ccc7ccccc7c6)ccc5c4)cc3)cc3ccccc3c12. The van der Waals surface area contributed by atoms with Crippen molar-refractivity contribution in [3.05, 3.63) is 212 Å². The van der Waals surface area contributed by atoms with E-state index in [0.29, 0.717) is 0 Å². The Morgan fingerprint density at radius 2 is 0.817 bits per heavy atom. The Bertz CT molecular complexity index is 3390. The number of hydrogen-bond donors (Lipinski definition) is 0. The fourth-order valence-electron chi connectivity index (χ4n) is 9.02. The number of thiophene rings is 1. The zero-order valence-electron chi connectivity index (χ0n) is 34.0. The van der Waals surface area contributed by atoms with Gasteiger partial charge in [-0.1, -0.05) is 178 Å². The van der Waals surface area contributed by atoms with Crippen molar-refractivity contribution in [2.24, 2.45) is 0 Å². The largest absolute Gasteiger partial charge is 0.309 e. The number of fused-ring (bicyclic) bond motifs is 7. The van der Waals surface area contributed by atoms with Gasteiger partial charge >= 0.3 is 0 Å². The Kier molecular flexibility index (Phi) is 8.65. The van der Waals surface area contributed by atoms with Crippen LogP contribution in [-0.2, 0) is 5.41 Å². The highest BCUT2D eigenvalue weighted by atomic mass is 32.1. The normalized spacial score (nSPS) is 11.9. The van der Waals surface area contributed by atoms with E-state index in [1.165, 1.54) is 97.1 Å². The van der Waals surface area contributed by atoms with Crippen LogP contribution in [0.25, 0.3) is 85.9 Å². The van der Waals surface area contributed by atoms with E-state index in [1.54, 1.807) is 0 Å². The average molecular weight is 786 g/mol. The first kappa shape index (κ1) is 36.1. The molecule has 1 aromatic heterocycles. The topological polar surface area (TPSA) is 3.24 Å². The summed E-state index contributed by atoms with van der Waals surface area (Å²) < 4.78 is 2.67. The van der Waals surface area contributed by atoms with Crippen molar-refractivity contribution in [2.45, 2.75) is 26.2 Å². The summed E-state index contributed by atoms with van der Waals surface area (Å²) in [5.41, 5.74) is 12.1. The summed E-state index contributed by atoms with van der Waals surface area (Å²) in [6.45, 7) is 6.98. The summed E-state index contributed by atoms with van der Waals surface area (Å²) in [4.78, 5) is 2.47. The highest BCUT2D eigenvalue weighted by molar-refractivity contribution is 7.26. The molecular formula is C58H43NS. The second-order valence-corrected chi connectivity index (χ2v) is 18.0. The van der Waals surface area contributed by atoms with Crippen LogP contribution in [0.15, 0.2) is 206 Å². The van der Waals surface area contributed by atoms with E-state index < -0.39 is 0 Å².